The van der Waals surface area contributed by atoms with Gasteiger partial charge in [-0.25, -0.2) is 9.18 Å². The van der Waals surface area contributed by atoms with Crippen LogP contribution in [0.5, 0.6) is 0 Å². The highest BCUT2D eigenvalue weighted by atomic mass is 19.1. The Bertz CT molecular complexity index is 1500. The maximum Gasteiger partial charge on any atom is 0.330 e. The minimum atomic E-state index is -0.538. The number of hydrogen-bond acceptors (Lipinski definition) is 6. The lowest BCUT2D eigenvalue weighted by Gasteiger charge is -2.41. The summed E-state index contributed by atoms with van der Waals surface area (Å²) < 4.78 is 18.3. The molecule has 1 aliphatic heterocycles. The van der Waals surface area contributed by atoms with E-state index in [0.717, 1.165) is 13.1 Å². The van der Waals surface area contributed by atoms with Gasteiger partial charge in [0.2, 0.25) is 17.7 Å². The number of carbonyl (C=O) groups excluding carboxylic acids is 4. The number of fused-ring (bicyclic) bond motifs is 1. The largest absolute Gasteiger partial charge is 0.466 e. The fourth-order valence-electron chi connectivity index (χ4n) is 5.59. The van der Waals surface area contributed by atoms with Crippen LogP contribution in [0.15, 0.2) is 78.9 Å². The number of benzene rings is 3. The molecule has 0 unspecified atom stereocenters. The summed E-state index contributed by atoms with van der Waals surface area (Å²) >= 11 is 0. The van der Waals surface area contributed by atoms with Gasteiger partial charge in [-0.05, 0) is 53.8 Å². The highest BCUT2D eigenvalue weighted by Crippen LogP contribution is 2.31. The van der Waals surface area contributed by atoms with Crippen molar-refractivity contribution in [2.24, 2.45) is 0 Å². The zero-order chi connectivity index (χ0) is 31.5. The highest BCUT2D eigenvalue weighted by molar-refractivity contribution is 5.89. The van der Waals surface area contributed by atoms with Crippen LogP contribution in [0.3, 0.4) is 0 Å². The molecule has 1 heterocycles. The van der Waals surface area contributed by atoms with E-state index < -0.39 is 23.6 Å². The van der Waals surface area contributed by atoms with Crippen molar-refractivity contribution in [3.63, 3.8) is 0 Å². The van der Waals surface area contributed by atoms with Gasteiger partial charge < -0.3 is 20.3 Å². The summed E-state index contributed by atoms with van der Waals surface area (Å²) in [6.07, 6.45) is 3.93. The zero-order valence-electron chi connectivity index (χ0n) is 25.1. The van der Waals surface area contributed by atoms with Crippen LogP contribution in [0, 0.1) is 5.82 Å². The SMILES string of the molecule is COC(=O)/C=C/CNC(=O)CNC(=O)CN(C(=O)Cc1cccc(F)c1)C1CCN([C@H](C)c2cccc3ccccc23)CC1. The van der Waals surface area contributed by atoms with Crippen molar-refractivity contribution in [3.05, 3.63) is 95.8 Å². The van der Waals surface area contributed by atoms with Crippen LogP contribution in [0.25, 0.3) is 10.8 Å². The summed E-state index contributed by atoms with van der Waals surface area (Å²) in [6.45, 7) is 3.27. The molecule has 1 aliphatic rings. The molecule has 1 atom stereocenters. The van der Waals surface area contributed by atoms with Crippen molar-refractivity contribution >= 4 is 34.5 Å². The minimum Gasteiger partial charge on any atom is -0.466 e. The molecule has 1 fully saturated rings. The summed E-state index contributed by atoms with van der Waals surface area (Å²) in [5.41, 5.74) is 1.78. The Morgan fingerprint density at radius 3 is 2.48 bits per heavy atom. The first kappa shape index (κ1) is 32.3. The predicted molar refractivity (Wildman–Crippen MR) is 166 cm³/mol. The number of esters is 1. The molecule has 1 saturated heterocycles. The van der Waals surface area contributed by atoms with Gasteiger partial charge in [-0.15, -0.1) is 0 Å². The van der Waals surface area contributed by atoms with Gasteiger partial charge in [0.05, 0.1) is 26.6 Å². The number of piperidine rings is 1. The molecular weight excluding hydrogens is 563 g/mol. The van der Waals surface area contributed by atoms with Gasteiger partial charge in [-0.2, -0.15) is 0 Å². The molecule has 2 N–H and O–H groups in total. The number of likely N-dealkylation sites (tertiary alicyclic amines) is 1. The van der Waals surface area contributed by atoms with Crippen molar-refractivity contribution in [2.45, 2.75) is 38.3 Å². The molecule has 3 amide bonds. The number of rotatable bonds is 12. The second-order valence-corrected chi connectivity index (χ2v) is 10.8. The molecule has 9 nitrogen and oxygen atoms in total. The zero-order valence-corrected chi connectivity index (χ0v) is 25.1. The molecule has 232 valence electrons. The first-order valence-electron chi connectivity index (χ1n) is 14.8. The fourth-order valence-corrected chi connectivity index (χ4v) is 5.59. The number of nitrogens with one attached hydrogen (secondary N) is 2. The van der Waals surface area contributed by atoms with Gasteiger partial charge in [0.15, 0.2) is 0 Å². The van der Waals surface area contributed by atoms with Crippen LogP contribution in [-0.4, -0.2) is 79.4 Å². The molecular formula is C34H39FN4O5. The predicted octanol–water partition coefficient (Wildman–Crippen LogP) is 3.54. The Morgan fingerprint density at radius 2 is 1.73 bits per heavy atom. The van der Waals surface area contributed by atoms with Crippen LogP contribution in [-0.2, 0) is 30.3 Å². The number of carbonyl (C=O) groups is 4. The first-order chi connectivity index (χ1) is 21.2. The number of amides is 3. The van der Waals surface area contributed by atoms with E-state index in [-0.39, 0.29) is 44.0 Å². The summed E-state index contributed by atoms with van der Waals surface area (Å²) in [4.78, 5) is 53.7. The third kappa shape index (κ3) is 8.97. The van der Waals surface area contributed by atoms with Crippen LogP contribution < -0.4 is 10.6 Å². The summed E-state index contributed by atoms with van der Waals surface area (Å²) in [7, 11) is 1.25. The number of halogens is 1. The van der Waals surface area contributed by atoms with Crippen LogP contribution in [0.4, 0.5) is 4.39 Å². The van der Waals surface area contributed by atoms with E-state index in [1.54, 1.807) is 17.0 Å². The van der Waals surface area contributed by atoms with E-state index in [9.17, 15) is 23.6 Å². The summed E-state index contributed by atoms with van der Waals surface area (Å²) in [5.74, 6) is -2.15. The van der Waals surface area contributed by atoms with E-state index in [1.807, 2.05) is 12.1 Å². The average molecular weight is 603 g/mol. The van der Waals surface area contributed by atoms with Gasteiger partial charge in [0.25, 0.3) is 0 Å². The lowest BCUT2D eigenvalue weighted by molar-refractivity contribution is -0.139. The number of hydrogen-bond donors (Lipinski definition) is 2. The molecule has 10 heteroatoms. The molecule has 0 aliphatic carbocycles. The lowest BCUT2D eigenvalue weighted by Crippen LogP contribution is -2.52. The quantitative estimate of drug-likeness (QED) is 0.243. The monoisotopic (exact) mass is 602 g/mol. The average Bonchev–Trinajstić information content (AvgIpc) is 3.04. The molecule has 3 aromatic carbocycles. The molecule has 0 aromatic heterocycles. The summed E-state index contributed by atoms with van der Waals surface area (Å²) in [6, 6.07) is 20.5. The van der Waals surface area contributed by atoms with Crippen LogP contribution >= 0.6 is 0 Å². The standard InChI is InChI=1S/C34H39FN4O5/c1-24(29-13-6-10-26-9-3-4-12-30(26)29)38-18-15-28(16-19-38)39(33(42)21-25-8-5-11-27(35)20-25)23-32(41)37-22-31(40)36-17-7-14-34(43)44-2/h3-14,20,24,28H,15-19,21-23H2,1-2H3,(H,36,40)(H,37,41)/b14-7+/t24-/m1/s1. The Morgan fingerprint density at radius 1 is 1.00 bits per heavy atom. The maximum atomic E-state index is 13.8. The molecule has 4 rings (SSSR count). The molecule has 0 bridgehead atoms. The van der Waals surface area contributed by atoms with Crippen molar-refractivity contribution < 1.29 is 28.3 Å². The Labute approximate surface area is 257 Å². The van der Waals surface area contributed by atoms with E-state index in [2.05, 4.69) is 57.5 Å². The van der Waals surface area contributed by atoms with Crippen LogP contribution in [0.2, 0.25) is 0 Å². The topological polar surface area (TPSA) is 108 Å². The summed E-state index contributed by atoms with van der Waals surface area (Å²) in [5, 5.41) is 7.55. The van der Waals surface area contributed by atoms with Crippen molar-refractivity contribution in [1.29, 1.82) is 0 Å². The Kier molecular flexibility index (Phi) is 11.6. The highest BCUT2D eigenvalue weighted by Gasteiger charge is 2.31. The van der Waals surface area contributed by atoms with E-state index in [4.69, 9.17) is 0 Å². The molecule has 0 spiro atoms. The smallest absolute Gasteiger partial charge is 0.330 e. The van der Waals surface area contributed by atoms with Gasteiger partial charge in [-0.1, -0.05) is 60.7 Å². The van der Waals surface area contributed by atoms with Gasteiger partial charge in [-0.3, -0.25) is 19.3 Å². The van der Waals surface area contributed by atoms with Crippen molar-refractivity contribution in [2.75, 3.05) is 39.8 Å². The number of ether oxygens (including phenoxy) is 1. The maximum absolute atomic E-state index is 13.8. The molecule has 3 aromatic rings. The van der Waals surface area contributed by atoms with Crippen molar-refractivity contribution in [3.8, 4) is 0 Å². The van der Waals surface area contributed by atoms with E-state index >= 15 is 0 Å². The third-order valence-electron chi connectivity index (χ3n) is 7.96. The second-order valence-electron chi connectivity index (χ2n) is 10.8. The van der Waals surface area contributed by atoms with E-state index in [0.29, 0.717) is 18.4 Å². The van der Waals surface area contributed by atoms with Gasteiger partial charge >= 0.3 is 5.97 Å². The third-order valence-corrected chi connectivity index (χ3v) is 7.96. The molecule has 0 saturated carbocycles. The van der Waals surface area contributed by atoms with E-state index in [1.165, 1.54) is 47.7 Å². The van der Waals surface area contributed by atoms with Crippen molar-refractivity contribution in [1.82, 2.24) is 20.4 Å². The van der Waals surface area contributed by atoms with Crippen LogP contribution in [0.1, 0.15) is 36.9 Å². The normalized spacial score (nSPS) is 14.7. The van der Waals surface area contributed by atoms with Gasteiger partial charge in [0, 0.05) is 37.8 Å². The minimum absolute atomic E-state index is 0.0370. The molecule has 44 heavy (non-hydrogen) atoms. The number of nitrogens with zero attached hydrogens (tertiary/aromatic N) is 2. The lowest BCUT2D eigenvalue weighted by atomic mass is 9.95. The Hall–Kier alpha value is -4.57. The fraction of sp³-hybridized carbons (Fsp3) is 0.353. The second kappa shape index (κ2) is 15.8. The number of methoxy groups -OCH3 is 1. The van der Waals surface area contributed by atoms with Gasteiger partial charge in [0.1, 0.15) is 5.82 Å². The molecule has 0 radical (unpaired) electrons. The first-order valence-corrected chi connectivity index (χ1v) is 14.8. The Balaban J connectivity index is 1.38.